The van der Waals surface area contributed by atoms with Crippen LogP contribution in [0.1, 0.15) is 44.9 Å². The maximum atomic E-state index is 4.11. The van der Waals surface area contributed by atoms with Crippen molar-refractivity contribution in [2.75, 3.05) is 0 Å². The summed E-state index contributed by atoms with van der Waals surface area (Å²) in [6.07, 6.45) is 10.1. The number of rotatable bonds is 0. The molecule has 0 radical (unpaired) electrons. The normalized spacial score (nSPS) is 38.4. The lowest BCUT2D eigenvalue weighted by molar-refractivity contribution is 0.367. The Kier molecular flexibility index (Phi) is 2.02. The highest BCUT2D eigenvalue weighted by atomic mass is 14.3. The number of fused-ring (bicyclic) bond motifs is 1. The second-order valence-electron chi connectivity index (χ2n) is 4.32. The molecule has 2 atom stereocenters. The van der Waals surface area contributed by atoms with E-state index in [-0.39, 0.29) is 0 Å². The van der Waals surface area contributed by atoms with Crippen LogP contribution in [-0.2, 0) is 0 Å². The van der Waals surface area contributed by atoms with Gasteiger partial charge in [0.25, 0.3) is 0 Å². The topological polar surface area (TPSA) is 0 Å². The average Bonchev–Trinajstić information content (AvgIpc) is 2.17. The van der Waals surface area contributed by atoms with Crippen LogP contribution in [0.5, 0.6) is 0 Å². The highest BCUT2D eigenvalue weighted by molar-refractivity contribution is 5.06. The lowest BCUT2D eigenvalue weighted by atomic mass is 9.92. The minimum absolute atomic E-state index is 1.03. The molecular weight excluding hydrogens is 132 g/mol. The third-order valence-corrected chi connectivity index (χ3v) is 3.42. The van der Waals surface area contributed by atoms with Crippen LogP contribution < -0.4 is 0 Å². The molecule has 0 spiro atoms. The van der Waals surface area contributed by atoms with Gasteiger partial charge in [-0.3, -0.25) is 0 Å². The van der Waals surface area contributed by atoms with Crippen molar-refractivity contribution in [1.29, 1.82) is 0 Å². The molecule has 0 heterocycles. The van der Waals surface area contributed by atoms with Gasteiger partial charge < -0.3 is 0 Å². The molecule has 0 nitrogen and oxygen atoms in total. The van der Waals surface area contributed by atoms with E-state index in [0.717, 1.165) is 11.8 Å². The van der Waals surface area contributed by atoms with Gasteiger partial charge in [-0.25, -0.2) is 0 Å². The summed E-state index contributed by atoms with van der Waals surface area (Å²) in [5, 5.41) is 0. The van der Waals surface area contributed by atoms with Gasteiger partial charge in [0.1, 0.15) is 0 Å². The van der Waals surface area contributed by atoms with Gasteiger partial charge in [-0.05, 0) is 37.5 Å². The molecule has 2 aliphatic rings. The van der Waals surface area contributed by atoms with Crippen LogP contribution in [0.15, 0.2) is 12.2 Å². The third kappa shape index (κ3) is 1.50. The Bertz CT molecular complexity index is 141. The summed E-state index contributed by atoms with van der Waals surface area (Å²) in [5.74, 6) is 2.06. The Morgan fingerprint density at radius 1 is 0.909 bits per heavy atom. The van der Waals surface area contributed by atoms with Crippen molar-refractivity contribution in [1.82, 2.24) is 0 Å². The first-order valence-electron chi connectivity index (χ1n) is 5.03. The zero-order chi connectivity index (χ0) is 7.68. The Morgan fingerprint density at radius 3 is 2.00 bits per heavy atom. The van der Waals surface area contributed by atoms with Crippen molar-refractivity contribution >= 4 is 0 Å². The minimum Gasteiger partial charge on any atom is -0.0998 e. The molecule has 62 valence electrons. The van der Waals surface area contributed by atoms with Crippen molar-refractivity contribution < 1.29 is 0 Å². The summed E-state index contributed by atoms with van der Waals surface area (Å²) in [6.45, 7) is 4.11. The number of hydrogen-bond donors (Lipinski definition) is 0. The van der Waals surface area contributed by atoms with E-state index in [4.69, 9.17) is 0 Å². The summed E-state index contributed by atoms with van der Waals surface area (Å²) in [6, 6.07) is 0. The van der Waals surface area contributed by atoms with E-state index in [1.54, 1.807) is 0 Å². The summed E-state index contributed by atoms with van der Waals surface area (Å²) < 4.78 is 0. The molecule has 11 heavy (non-hydrogen) atoms. The fourth-order valence-electron chi connectivity index (χ4n) is 2.82. The van der Waals surface area contributed by atoms with Gasteiger partial charge in [-0.2, -0.15) is 0 Å². The Morgan fingerprint density at radius 2 is 1.45 bits per heavy atom. The van der Waals surface area contributed by atoms with Crippen LogP contribution >= 0.6 is 0 Å². The summed E-state index contributed by atoms with van der Waals surface area (Å²) in [7, 11) is 0. The van der Waals surface area contributed by atoms with Crippen LogP contribution in [0.3, 0.4) is 0 Å². The SMILES string of the molecule is C=C1CC2CCCCCC2C1. The molecule has 2 saturated carbocycles. The molecule has 0 aromatic carbocycles. The minimum atomic E-state index is 1.03. The largest absolute Gasteiger partial charge is 0.0998 e. The monoisotopic (exact) mass is 150 g/mol. The lowest BCUT2D eigenvalue weighted by Crippen LogP contribution is -2.04. The molecular formula is C11H18. The molecule has 0 N–H and O–H groups in total. The second-order valence-corrected chi connectivity index (χ2v) is 4.32. The molecule has 0 aliphatic heterocycles. The third-order valence-electron chi connectivity index (χ3n) is 3.42. The van der Waals surface area contributed by atoms with Crippen molar-refractivity contribution in [3.63, 3.8) is 0 Å². The molecule has 0 saturated heterocycles. The first-order valence-corrected chi connectivity index (χ1v) is 5.03. The fourth-order valence-corrected chi connectivity index (χ4v) is 2.82. The van der Waals surface area contributed by atoms with E-state index in [1.165, 1.54) is 50.5 Å². The Balaban J connectivity index is 2.01. The molecule has 0 aromatic rings. The highest BCUT2D eigenvalue weighted by Crippen LogP contribution is 2.42. The van der Waals surface area contributed by atoms with Gasteiger partial charge in [-0.15, -0.1) is 0 Å². The fraction of sp³-hybridized carbons (Fsp3) is 0.818. The van der Waals surface area contributed by atoms with Crippen molar-refractivity contribution in [3.8, 4) is 0 Å². The van der Waals surface area contributed by atoms with Crippen molar-refractivity contribution in [2.24, 2.45) is 11.8 Å². The van der Waals surface area contributed by atoms with Gasteiger partial charge >= 0.3 is 0 Å². The summed E-state index contributed by atoms with van der Waals surface area (Å²) in [5.41, 5.74) is 1.53. The second kappa shape index (κ2) is 3.00. The number of hydrogen-bond acceptors (Lipinski definition) is 0. The highest BCUT2D eigenvalue weighted by Gasteiger charge is 2.29. The van der Waals surface area contributed by atoms with Gasteiger partial charge in [0.05, 0.1) is 0 Å². The van der Waals surface area contributed by atoms with E-state index in [0.29, 0.717) is 0 Å². The summed E-state index contributed by atoms with van der Waals surface area (Å²) in [4.78, 5) is 0. The predicted molar refractivity (Wildman–Crippen MR) is 48.4 cm³/mol. The zero-order valence-electron chi connectivity index (χ0n) is 7.31. The first kappa shape index (κ1) is 7.39. The van der Waals surface area contributed by atoms with Crippen molar-refractivity contribution in [3.05, 3.63) is 12.2 Å². The van der Waals surface area contributed by atoms with Crippen molar-refractivity contribution in [2.45, 2.75) is 44.9 Å². The van der Waals surface area contributed by atoms with E-state index in [1.807, 2.05) is 0 Å². The van der Waals surface area contributed by atoms with Gasteiger partial charge in [0.15, 0.2) is 0 Å². The standard InChI is InChI=1S/C11H18/c1-9-7-10-5-3-2-4-6-11(10)8-9/h10-11H,1-8H2. The molecule has 2 unspecified atom stereocenters. The first-order chi connectivity index (χ1) is 5.36. The molecule has 0 heteroatoms. The van der Waals surface area contributed by atoms with Gasteiger partial charge in [0.2, 0.25) is 0 Å². The molecule has 2 aliphatic carbocycles. The molecule has 0 bridgehead atoms. The molecule has 0 amide bonds. The Hall–Kier alpha value is -0.260. The predicted octanol–water partition coefficient (Wildman–Crippen LogP) is 3.53. The molecule has 0 aromatic heterocycles. The van der Waals surface area contributed by atoms with Crippen LogP contribution in [0, 0.1) is 11.8 Å². The quantitative estimate of drug-likeness (QED) is 0.463. The van der Waals surface area contributed by atoms with E-state index < -0.39 is 0 Å². The zero-order valence-corrected chi connectivity index (χ0v) is 7.31. The van der Waals surface area contributed by atoms with E-state index >= 15 is 0 Å². The van der Waals surface area contributed by atoms with Gasteiger partial charge in [-0.1, -0.05) is 31.4 Å². The Labute approximate surface area is 69.7 Å². The van der Waals surface area contributed by atoms with E-state index in [2.05, 4.69) is 6.58 Å². The van der Waals surface area contributed by atoms with Gasteiger partial charge in [0, 0.05) is 0 Å². The maximum Gasteiger partial charge on any atom is -0.0292 e. The van der Waals surface area contributed by atoms with Crippen LogP contribution in [0.25, 0.3) is 0 Å². The van der Waals surface area contributed by atoms with Crippen LogP contribution in [0.2, 0.25) is 0 Å². The average molecular weight is 150 g/mol. The molecule has 2 rings (SSSR count). The number of allylic oxidation sites excluding steroid dienone is 1. The summed E-state index contributed by atoms with van der Waals surface area (Å²) >= 11 is 0. The van der Waals surface area contributed by atoms with E-state index in [9.17, 15) is 0 Å². The van der Waals surface area contributed by atoms with Crippen LogP contribution in [0.4, 0.5) is 0 Å². The van der Waals surface area contributed by atoms with Crippen LogP contribution in [-0.4, -0.2) is 0 Å². The molecule has 2 fully saturated rings. The lowest BCUT2D eigenvalue weighted by Gasteiger charge is -2.13. The smallest absolute Gasteiger partial charge is 0.0292 e. The maximum absolute atomic E-state index is 4.11.